The maximum Gasteiger partial charge on any atom is 0.259 e. The number of nitrogens with one attached hydrogen (secondary N) is 2. The van der Waals surface area contributed by atoms with E-state index in [1.807, 2.05) is 37.3 Å². The minimum atomic E-state index is -3.97. The Balaban J connectivity index is 1.52. The fourth-order valence-electron chi connectivity index (χ4n) is 3.99. The second kappa shape index (κ2) is 11.3. The van der Waals surface area contributed by atoms with Crippen molar-refractivity contribution in [3.63, 3.8) is 0 Å². The highest BCUT2D eigenvalue weighted by atomic mass is 35.5. The second-order valence-corrected chi connectivity index (χ2v) is 11.5. The van der Waals surface area contributed by atoms with Gasteiger partial charge < -0.3 is 15.7 Å². The van der Waals surface area contributed by atoms with Crippen molar-refractivity contribution >= 4 is 44.6 Å². The molecular formula is C28H27ClN4O5S. The fraction of sp³-hybridized carbons (Fsp3) is 0.179. The number of aromatic nitrogens is 2. The zero-order valence-corrected chi connectivity index (χ0v) is 23.0. The quantitative estimate of drug-likeness (QED) is 0.248. The van der Waals surface area contributed by atoms with Crippen molar-refractivity contribution in [1.82, 2.24) is 9.78 Å². The van der Waals surface area contributed by atoms with E-state index in [-0.39, 0.29) is 33.5 Å². The summed E-state index contributed by atoms with van der Waals surface area (Å²) in [4.78, 5) is 26.0. The Morgan fingerprint density at radius 2 is 1.67 bits per heavy atom. The number of aryl methyl sites for hydroxylation is 2. The van der Waals surface area contributed by atoms with Crippen LogP contribution in [0.1, 0.15) is 35.0 Å². The van der Waals surface area contributed by atoms with E-state index >= 15 is 0 Å². The number of rotatable bonds is 8. The zero-order chi connectivity index (χ0) is 28.3. The van der Waals surface area contributed by atoms with Crippen molar-refractivity contribution in [2.45, 2.75) is 37.3 Å². The van der Waals surface area contributed by atoms with Gasteiger partial charge in [-0.3, -0.25) is 9.59 Å². The molecule has 2 amide bonds. The minimum absolute atomic E-state index is 0.00259. The number of para-hydroxylation sites is 1. The number of phenolic OH excluding ortho intramolecular Hbond substituents is 1. The van der Waals surface area contributed by atoms with Crippen LogP contribution >= 0.6 is 11.6 Å². The molecule has 9 nitrogen and oxygen atoms in total. The summed E-state index contributed by atoms with van der Waals surface area (Å²) in [5.74, 6) is -1.68. The normalized spacial score (nSPS) is 12.1. The summed E-state index contributed by atoms with van der Waals surface area (Å²) < 4.78 is 27.8. The summed E-state index contributed by atoms with van der Waals surface area (Å²) in [5.41, 5.74) is 2.45. The zero-order valence-electron chi connectivity index (χ0n) is 21.5. The topological polar surface area (TPSA) is 130 Å². The maximum atomic E-state index is 13.1. The highest BCUT2D eigenvalue weighted by Crippen LogP contribution is 2.35. The van der Waals surface area contributed by atoms with E-state index in [0.29, 0.717) is 11.3 Å². The molecule has 0 radical (unpaired) electrons. The first-order valence-electron chi connectivity index (χ1n) is 12.1. The van der Waals surface area contributed by atoms with Crippen LogP contribution in [-0.2, 0) is 14.6 Å². The molecular weight excluding hydrogens is 540 g/mol. The lowest BCUT2D eigenvalue weighted by atomic mass is 10.2. The summed E-state index contributed by atoms with van der Waals surface area (Å²) in [7, 11) is -3.97. The Bertz CT molecular complexity index is 1630. The van der Waals surface area contributed by atoms with Crippen LogP contribution in [0.5, 0.6) is 5.75 Å². The fourth-order valence-corrected chi connectivity index (χ4v) is 5.83. The van der Waals surface area contributed by atoms with Crippen LogP contribution in [0.3, 0.4) is 0 Å². The summed E-state index contributed by atoms with van der Waals surface area (Å²) >= 11 is 6.34. The molecule has 39 heavy (non-hydrogen) atoms. The van der Waals surface area contributed by atoms with Crippen molar-refractivity contribution in [1.29, 1.82) is 0 Å². The van der Waals surface area contributed by atoms with Crippen LogP contribution < -0.4 is 10.6 Å². The molecule has 3 N–H and O–H groups in total. The van der Waals surface area contributed by atoms with Crippen molar-refractivity contribution in [2.75, 3.05) is 10.6 Å². The van der Waals surface area contributed by atoms with Gasteiger partial charge in [-0.2, -0.15) is 5.10 Å². The predicted molar refractivity (Wildman–Crippen MR) is 150 cm³/mol. The highest BCUT2D eigenvalue weighted by Gasteiger charge is 2.33. The van der Waals surface area contributed by atoms with E-state index in [1.165, 1.54) is 18.2 Å². The smallest absolute Gasteiger partial charge is 0.259 e. The molecule has 4 rings (SSSR count). The SMILES string of the molecule is CCC(C(=O)Nc1cc(O)c(NC(=O)c2cn(-c3ccccc3)nc2C)cc1Cl)S(=O)(=O)c1ccc(C)cc1. The molecule has 1 aromatic heterocycles. The third-order valence-corrected chi connectivity index (χ3v) is 8.68. The average Bonchev–Trinajstić information content (AvgIpc) is 3.29. The number of amides is 2. The van der Waals surface area contributed by atoms with E-state index in [1.54, 1.807) is 36.9 Å². The molecule has 0 fully saturated rings. The van der Waals surface area contributed by atoms with Crippen molar-refractivity contribution in [3.8, 4) is 11.4 Å². The molecule has 1 heterocycles. The van der Waals surface area contributed by atoms with Gasteiger partial charge in [0.1, 0.15) is 11.0 Å². The number of phenols is 1. The maximum absolute atomic E-state index is 13.1. The van der Waals surface area contributed by atoms with Crippen LogP contribution in [0.25, 0.3) is 5.69 Å². The Labute approximate surface area is 231 Å². The molecule has 0 bridgehead atoms. The largest absolute Gasteiger partial charge is 0.506 e. The lowest BCUT2D eigenvalue weighted by molar-refractivity contribution is -0.115. The number of carbonyl (C=O) groups is 2. The molecule has 1 atom stereocenters. The molecule has 0 aliphatic carbocycles. The van der Waals surface area contributed by atoms with Crippen LogP contribution in [0.4, 0.5) is 11.4 Å². The summed E-state index contributed by atoms with van der Waals surface area (Å²) in [6.45, 7) is 5.12. The molecule has 0 saturated carbocycles. The van der Waals surface area contributed by atoms with Crippen molar-refractivity contribution in [3.05, 3.63) is 94.8 Å². The van der Waals surface area contributed by atoms with Gasteiger partial charge in [0.05, 0.1) is 38.2 Å². The monoisotopic (exact) mass is 566 g/mol. The first-order chi connectivity index (χ1) is 18.5. The first-order valence-corrected chi connectivity index (χ1v) is 14.0. The standard InChI is InChI=1S/C28H27ClN4O5S/c1-4-26(39(37,38)20-12-10-17(2)11-13-20)28(36)30-23-15-25(34)24(14-22(23)29)31-27(35)21-16-33(32-18(21)3)19-8-6-5-7-9-19/h5-16,26,34H,4H2,1-3H3,(H,30,36)(H,31,35). The van der Waals surface area contributed by atoms with Crippen LogP contribution in [0, 0.1) is 13.8 Å². The number of anilines is 2. The van der Waals surface area contributed by atoms with Crippen LogP contribution in [0.2, 0.25) is 5.02 Å². The van der Waals surface area contributed by atoms with E-state index < -0.39 is 26.9 Å². The Hall–Kier alpha value is -4.15. The average molecular weight is 567 g/mol. The van der Waals surface area contributed by atoms with Gasteiger partial charge in [-0.05, 0) is 50.6 Å². The van der Waals surface area contributed by atoms with Gasteiger partial charge in [0.15, 0.2) is 9.84 Å². The third kappa shape index (κ3) is 5.97. The minimum Gasteiger partial charge on any atom is -0.506 e. The van der Waals surface area contributed by atoms with Gasteiger partial charge in [0.25, 0.3) is 5.91 Å². The molecule has 1 unspecified atom stereocenters. The van der Waals surface area contributed by atoms with E-state index in [2.05, 4.69) is 15.7 Å². The number of hydrogen-bond acceptors (Lipinski definition) is 6. The van der Waals surface area contributed by atoms with Crippen molar-refractivity contribution < 1.29 is 23.1 Å². The van der Waals surface area contributed by atoms with Gasteiger partial charge >= 0.3 is 0 Å². The van der Waals surface area contributed by atoms with Crippen LogP contribution in [0.15, 0.2) is 77.8 Å². The van der Waals surface area contributed by atoms with Crippen molar-refractivity contribution in [2.24, 2.45) is 0 Å². The van der Waals surface area contributed by atoms with Gasteiger partial charge in [-0.25, -0.2) is 13.1 Å². The van der Waals surface area contributed by atoms with E-state index in [9.17, 15) is 23.1 Å². The second-order valence-electron chi connectivity index (χ2n) is 8.96. The Kier molecular flexibility index (Phi) is 8.08. The van der Waals surface area contributed by atoms with Gasteiger partial charge in [-0.1, -0.05) is 54.4 Å². The number of nitrogens with zero attached hydrogens (tertiary/aromatic N) is 2. The molecule has 3 aromatic carbocycles. The highest BCUT2D eigenvalue weighted by molar-refractivity contribution is 7.92. The number of aromatic hydroxyl groups is 1. The summed E-state index contributed by atoms with van der Waals surface area (Å²) in [6, 6.07) is 17.9. The van der Waals surface area contributed by atoms with Gasteiger partial charge in [0, 0.05) is 12.3 Å². The molecule has 0 aliphatic rings. The third-order valence-electron chi connectivity index (χ3n) is 6.14. The Morgan fingerprint density at radius 3 is 2.31 bits per heavy atom. The van der Waals surface area contributed by atoms with Crippen LogP contribution in [-0.4, -0.2) is 40.4 Å². The van der Waals surface area contributed by atoms with Gasteiger partial charge in [0.2, 0.25) is 5.91 Å². The number of benzene rings is 3. The lowest BCUT2D eigenvalue weighted by Crippen LogP contribution is -2.34. The molecule has 202 valence electrons. The number of carbonyl (C=O) groups excluding carboxylic acids is 2. The molecule has 4 aromatic rings. The molecule has 0 spiro atoms. The lowest BCUT2D eigenvalue weighted by Gasteiger charge is -2.17. The van der Waals surface area contributed by atoms with E-state index in [4.69, 9.17) is 11.6 Å². The first kappa shape index (κ1) is 27.9. The molecule has 0 saturated heterocycles. The number of hydrogen-bond donors (Lipinski definition) is 3. The summed E-state index contributed by atoms with van der Waals surface area (Å²) in [6.07, 6.45) is 1.60. The predicted octanol–water partition coefficient (Wildman–Crippen LogP) is 5.29. The Morgan fingerprint density at radius 1 is 1.00 bits per heavy atom. The molecule has 0 aliphatic heterocycles. The number of sulfone groups is 1. The van der Waals surface area contributed by atoms with E-state index in [0.717, 1.165) is 17.3 Å². The molecule has 11 heteroatoms. The van der Waals surface area contributed by atoms with Gasteiger partial charge in [-0.15, -0.1) is 0 Å². The summed E-state index contributed by atoms with van der Waals surface area (Å²) in [5, 5.41) is 18.7. The number of halogens is 1.